The van der Waals surface area contributed by atoms with E-state index in [-0.39, 0.29) is 6.04 Å². The van der Waals surface area contributed by atoms with E-state index in [1.165, 1.54) is 37.7 Å². The van der Waals surface area contributed by atoms with Crippen molar-refractivity contribution in [1.82, 2.24) is 5.32 Å². The van der Waals surface area contributed by atoms with Crippen LogP contribution in [0.15, 0.2) is 18.2 Å². The SMILES string of the molecule is CCCCC(CCC)NC(C)c1cc(C)ccc1O. The Balaban J connectivity index is 2.69. The van der Waals surface area contributed by atoms with Crippen molar-refractivity contribution in [3.63, 3.8) is 0 Å². The zero-order valence-corrected chi connectivity index (χ0v) is 12.9. The monoisotopic (exact) mass is 263 g/mol. The van der Waals surface area contributed by atoms with Gasteiger partial charge in [-0.2, -0.15) is 0 Å². The molecule has 1 aromatic carbocycles. The molecule has 0 saturated heterocycles. The minimum atomic E-state index is 0.202. The van der Waals surface area contributed by atoms with E-state index >= 15 is 0 Å². The Morgan fingerprint density at radius 3 is 2.53 bits per heavy atom. The molecule has 1 aromatic rings. The molecule has 2 heteroatoms. The molecule has 2 nitrogen and oxygen atoms in total. The molecule has 2 unspecified atom stereocenters. The first-order valence-corrected chi connectivity index (χ1v) is 7.64. The van der Waals surface area contributed by atoms with Gasteiger partial charge in [-0.25, -0.2) is 0 Å². The Morgan fingerprint density at radius 2 is 1.89 bits per heavy atom. The van der Waals surface area contributed by atoms with Gasteiger partial charge in [-0.3, -0.25) is 0 Å². The second kappa shape index (κ2) is 8.21. The van der Waals surface area contributed by atoms with E-state index < -0.39 is 0 Å². The van der Waals surface area contributed by atoms with Crippen LogP contribution in [0.25, 0.3) is 0 Å². The van der Waals surface area contributed by atoms with Crippen LogP contribution in [-0.4, -0.2) is 11.1 Å². The Hall–Kier alpha value is -1.02. The minimum absolute atomic E-state index is 0.202. The highest BCUT2D eigenvalue weighted by Crippen LogP contribution is 2.26. The van der Waals surface area contributed by atoms with Crippen molar-refractivity contribution in [1.29, 1.82) is 0 Å². The molecule has 0 aliphatic carbocycles. The topological polar surface area (TPSA) is 32.3 Å². The Labute approximate surface area is 118 Å². The largest absolute Gasteiger partial charge is 0.508 e. The molecular formula is C17H29NO. The van der Waals surface area contributed by atoms with Crippen molar-refractivity contribution in [3.05, 3.63) is 29.3 Å². The quantitative estimate of drug-likeness (QED) is 0.712. The highest BCUT2D eigenvalue weighted by molar-refractivity contribution is 5.37. The minimum Gasteiger partial charge on any atom is -0.508 e. The van der Waals surface area contributed by atoms with Crippen LogP contribution in [0, 0.1) is 6.92 Å². The van der Waals surface area contributed by atoms with Gasteiger partial charge in [0.25, 0.3) is 0 Å². The van der Waals surface area contributed by atoms with Gasteiger partial charge in [0, 0.05) is 17.6 Å². The van der Waals surface area contributed by atoms with Gasteiger partial charge in [-0.05, 0) is 32.8 Å². The van der Waals surface area contributed by atoms with Crippen molar-refractivity contribution in [2.24, 2.45) is 0 Å². The zero-order valence-electron chi connectivity index (χ0n) is 12.9. The molecule has 0 fully saturated rings. The molecule has 108 valence electrons. The van der Waals surface area contributed by atoms with Gasteiger partial charge in [0.05, 0.1) is 0 Å². The normalized spacial score (nSPS) is 14.3. The van der Waals surface area contributed by atoms with Crippen LogP contribution >= 0.6 is 0 Å². The first-order chi connectivity index (χ1) is 9.08. The van der Waals surface area contributed by atoms with Crippen molar-refractivity contribution < 1.29 is 5.11 Å². The van der Waals surface area contributed by atoms with Crippen LogP contribution in [0.3, 0.4) is 0 Å². The van der Waals surface area contributed by atoms with Crippen molar-refractivity contribution in [2.75, 3.05) is 0 Å². The van der Waals surface area contributed by atoms with E-state index in [9.17, 15) is 5.11 Å². The lowest BCUT2D eigenvalue weighted by molar-refractivity contribution is 0.385. The number of aromatic hydroxyl groups is 1. The maximum Gasteiger partial charge on any atom is 0.120 e. The fourth-order valence-corrected chi connectivity index (χ4v) is 2.57. The number of hydrogen-bond acceptors (Lipinski definition) is 2. The molecule has 0 heterocycles. The summed E-state index contributed by atoms with van der Waals surface area (Å²) in [5, 5.41) is 13.7. The molecular weight excluding hydrogens is 234 g/mol. The van der Waals surface area contributed by atoms with Crippen LogP contribution in [0.4, 0.5) is 0 Å². The highest BCUT2D eigenvalue weighted by Gasteiger charge is 2.15. The summed E-state index contributed by atoms with van der Waals surface area (Å²) >= 11 is 0. The molecule has 0 aromatic heterocycles. The number of unbranched alkanes of at least 4 members (excludes halogenated alkanes) is 1. The second-order valence-corrected chi connectivity index (χ2v) is 5.58. The summed E-state index contributed by atoms with van der Waals surface area (Å²) in [6.45, 7) is 8.67. The number of aryl methyl sites for hydroxylation is 1. The van der Waals surface area contributed by atoms with Gasteiger partial charge in [0.1, 0.15) is 5.75 Å². The zero-order chi connectivity index (χ0) is 14.3. The van der Waals surface area contributed by atoms with Crippen LogP contribution in [0.1, 0.15) is 70.0 Å². The summed E-state index contributed by atoms with van der Waals surface area (Å²) < 4.78 is 0. The Bertz CT molecular complexity index is 376. The lowest BCUT2D eigenvalue weighted by atomic mass is 10.00. The molecule has 0 amide bonds. The smallest absolute Gasteiger partial charge is 0.120 e. The molecule has 0 spiro atoms. The number of phenolic OH excluding ortho intramolecular Hbond substituents is 1. The number of hydrogen-bond donors (Lipinski definition) is 2. The van der Waals surface area contributed by atoms with Crippen LogP contribution < -0.4 is 5.32 Å². The van der Waals surface area contributed by atoms with E-state index in [4.69, 9.17) is 0 Å². The number of benzene rings is 1. The van der Waals surface area contributed by atoms with Gasteiger partial charge in [0.15, 0.2) is 0 Å². The summed E-state index contributed by atoms with van der Waals surface area (Å²) in [6.07, 6.45) is 6.14. The molecule has 0 bridgehead atoms. The Kier molecular flexibility index (Phi) is 6.93. The van der Waals surface area contributed by atoms with Gasteiger partial charge < -0.3 is 10.4 Å². The number of phenols is 1. The average molecular weight is 263 g/mol. The predicted octanol–water partition coefficient (Wildman–Crippen LogP) is 4.71. The molecule has 1 rings (SSSR count). The third-order valence-corrected chi connectivity index (χ3v) is 3.68. The van der Waals surface area contributed by atoms with E-state index in [1.54, 1.807) is 6.07 Å². The fourth-order valence-electron chi connectivity index (χ4n) is 2.57. The van der Waals surface area contributed by atoms with E-state index in [0.717, 1.165) is 5.56 Å². The summed E-state index contributed by atoms with van der Waals surface area (Å²) in [6, 6.07) is 6.58. The molecule has 19 heavy (non-hydrogen) atoms. The first kappa shape index (κ1) is 16.0. The van der Waals surface area contributed by atoms with E-state index in [1.807, 2.05) is 6.07 Å². The molecule has 2 N–H and O–H groups in total. The molecule has 0 aliphatic heterocycles. The summed E-state index contributed by atoms with van der Waals surface area (Å²) in [4.78, 5) is 0. The Morgan fingerprint density at radius 1 is 1.16 bits per heavy atom. The maximum absolute atomic E-state index is 9.98. The van der Waals surface area contributed by atoms with E-state index in [0.29, 0.717) is 11.8 Å². The number of nitrogens with one attached hydrogen (secondary N) is 1. The average Bonchev–Trinajstić information content (AvgIpc) is 2.39. The highest BCUT2D eigenvalue weighted by atomic mass is 16.3. The summed E-state index contributed by atoms with van der Waals surface area (Å²) in [5.41, 5.74) is 2.21. The lowest BCUT2D eigenvalue weighted by Gasteiger charge is -2.24. The molecule has 0 aliphatic rings. The van der Waals surface area contributed by atoms with Gasteiger partial charge in [-0.1, -0.05) is 50.8 Å². The van der Waals surface area contributed by atoms with Gasteiger partial charge >= 0.3 is 0 Å². The molecule has 0 saturated carbocycles. The van der Waals surface area contributed by atoms with E-state index in [2.05, 4.69) is 39.1 Å². The van der Waals surface area contributed by atoms with Gasteiger partial charge in [-0.15, -0.1) is 0 Å². The fraction of sp³-hybridized carbons (Fsp3) is 0.647. The summed E-state index contributed by atoms with van der Waals surface area (Å²) in [5.74, 6) is 0.399. The van der Waals surface area contributed by atoms with Crippen molar-refractivity contribution in [3.8, 4) is 5.75 Å². The summed E-state index contributed by atoms with van der Waals surface area (Å²) in [7, 11) is 0. The third kappa shape index (κ3) is 5.23. The first-order valence-electron chi connectivity index (χ1n) is 7.64. The number of rotatable bonds is 8. The third-order valence-electron chi connectivity index (χ3n) is 3.68. The predicted molar refractivity (Wildman–Crippen MR) is 82.6 cm³/mol. The lowest BCUT2D eigenvalue weighted by Crippen LogP contribution is -2.31. The molecule has 0 radical (unpaired) electrons. The second-order valence-electron chi connectivity index (χ2n) is 5.58. The van der Waals surface area contributed by atoms with Crippen LogP contribution in [0.5, 0.6) is 5.75 Å². The van der Waals surface area contributed by atoms with Crippen LogP contribution in [0.2, 0.25) is 0 Å². The van der Waals surface area contributed by atoms with Gasteiger partial charge in [0.2, 0.25) is 0 Å². The van der Waals surface area contributed by atoms with Crippen molar-refractivity contribution in [2.45, 2.75) is 71.9 Å². The molecule has 2 atom stereocenters. The van der Waals surface area contributed by atoms with Crippen LogP contribution in [-0.2, 0) is 0 Å². The maximum atomic E-state index is 9.98. The van der Waals surface area contributed by atoms with Crippen molar-refractivity contribution >= 4 is 0 Å². The standard InChI is InChI=1S/C17H29NO/c1-5-7-9-15(8-6-2)18-14(4)16-12-13(3)10-11-17(16)19/h10-12,14-15,18-19H,5-9H2,1-4H3.